The van der Waals surface area contributed by atoms with E-state index in [-0.39, 0.29) is 158 Å². The number of aromatic carboxylic acids is 1. The smallest absolute Gasteiger partial charge is 0.681 e. The van der Waals surface area contributed by atoms with E-state index in [1.807, 2.05) is 20.8 Å². The molecule has 0 aromatic carbocycles. The average molecular weight is 741 g/mol. The van der Waals surface area contributed by atoms with Crippen LogP contribution in [0.15, 0.2) is 23.0 Å². The molecule has 0 amide bonds. The third kappa shape index (κ3) is 8.98. The summed E-state index contributed by atoms with van der Waals surface area (Å²) in [6.45, 7) is 11.1. The predicted octanol–water partition coefficient (Wildman–Crippen LogP) is -9.47. The minimum absolute atomic E-state index is 0. The second-order valence-corrected chi connectivity index (χ2v) is 11.7. The Morgan fingerprint density at radius 1 is 1.00 bits per heavy atom. The van der Waals surface area contributed by atoms with Crippen molar-refractivity contribution in [2.75, 3.05) is 0 Å². The molecule has 1 fully saturated rings. The second-order valence-electron chi connectivity index (χ2n) is 11.7. The molecule has 0 saturated carbocycles. The molecule has 0 aliphatic carbocycles. The number of carbonyl (C=O) groups is 4. The SMILES string of the molecule is C=Cc1c2[n-]c(c1C)/C=C1N=C(/C(CC(=O)[O-])=c3\[n-]/c(c(C)c3C(=O)[O-])=C\C3[N-]/C(=C\2)C(C=O)C3CC)C(CCC(=O)[O-])C\1C.[Cu+2].[Na+].[Na+].[Na+]. The molecule has 5 rings (SSSR count). The maximum Gasteiger partial charge on any atom is 2.00 e. The van der Waals surface area contributed by atoms with Crippen LogP contribution in [0.3, 0.4) is 0 Å². The van der Waals surface area contributed by atoms with Crippen LogP contribution >= 0.6 is 0 Å². The molecule has 15 heteroatoms. The van der Waals surface area contributed by atoms with E-state index in [1.165, 1.54) is 0 Å². The zero-order valence-electron chi connectivity index (χ0n) is 28.8. The quantitative estimate of drug-likeness (QED) is 0.177. The number of carboxylic acids is 3. The maximum absolute atomic E-state index is 12.5. The molecular weight excluding hydrogens is 709 g/mol. The summed E-state index contributed by atoms with van der Waals surface area (Å²) < 4.78 is 0. The van der Waals surface area contributed by atoms with Crippen molar-refractivity contribution < 1.29 is 140 Å². The standard InChI is InChI=1S/C34H36N4O7.Cu.3Na/c1-6-18-15(3)23-11-24-16(4)20(8-9-29(40)41)32(37-24)21(10-30(42)43)33-31(34(44)45)17(5)25(38-33)12-27-19(7-2)22(14-39)28(36-27)13-26(18)35-23;;;;/h6,11-14,16,19-20,22,27H,1,7-10H2,2-5H3,(H4,37,38,40,41,42,43,44,45);;;;/q-2;+2;3*+1/p-4/b24-11-,25-12-,28-13-;;;;. The van der Waals surface area contributed by atoms with E-state index in [0.29, 0.717) is 29.2 Å². The van der Waals surface area contributed by atoms with Gasteiger partial charge in [-0.05, 0) is 49.3 Å². The van der Waals surface area contributed by atoms with Crippen LogP contribution in [0.1, 0.15) is 78.0 Å². The summed E-state index contributed by atoms with van der Waals surface area (Å²) >= 11 is 0. The molecular formula is C34H32CuN4Na3O7-. The van der Waals surface area contributed by atoms with Gasteiger partial charge in [0, 0.05) is 47.5 Å². The molecule has 2 aromatic heterocycles. The monoisotopic (exact) mass is 740 g/mol. The van der Waals surface area contributed by atoms with Gasteiger partial charge >= 0.3 is 106 Å². The van der Waals surface area contributed by atoms with Gasteiger partial charge in [0.1, 0.15) is 6.29 Å². The number of aliphatic imine (C=N–C) groups is 1. The molecule has 5 unspecified atom stereocenters. The second kappa shape index (κ2) is 18.9. The Morgan fingerprint density at radius 2 is 1.67 bits per heavy atom. The number of aliphatic carboxylic acids is 2. The summed E-state index contributed by atoms with van der Waals surface area (Å²) in [5.41, 5.74) is 3.87. The van der Waals surface area contributed by atoms with Gasteiger partial charge in [-0.3, -0.25) is 4.99 Å². The predicted molar refractivity (Wildman–Crippen MR) is 161 cm³/mol. The van der Waals surface area contributed by atoms with E-state index in [2.05, 4.69) is 11.6 Å². The van der Waals surface area contributed by atoms with Crippen LogP contribution in [-0.2, 0) is 31.5 Å². The zero-order chi connectivity index (χ0) is 32.7. The van der Waals surface area contributed by atoms with Crippen molar-refractivity contribution in [1.82, 2.24) is 9.97 Å². The van der Waals surface area contributed by atoms with E-state index < -0.39 is 48.1 Å². The van der Waals surface area contributed by atoms with Crippen molar-refractivity contribution in [3.05, 3.63) is 67.6 Å². The number of hydrogen-bond acceptors (Lipinski definition) is 8. The van der Waals surface area contributed by atoms with Crippen molar-refractivity contribution >= 4 is 59.8 Å². The van der Waals surface area contributed by atoms with E-state index in [4.69, 9.17) is 15.3 Å². The van der Waals surface area contributed by atoms with Crippen LogP contribution in [0.25, 0.3) is 35.2 Å². The first-order chi connectivity index (χ1) is 21.4. The number of allylic oxidation sites excluding steroid dienone is 2. The average Bonchev–Trinajstić information content (AvgIpc) is 3.67. The first-order valence-electron chi connectivity index (χ1n) is 14.9. The Morgan fingerprint density at radius 3 is 2.22 bits per heavy atom. The third-order valence-electron chi connectivity index (χ3n) is 9.24. The van der Waals surface area contributed by atoms with Gasteiger partial charge in [-0.2, -0.15) is 5.70 Å². The summed E-state index contributed by atoms with van der Waals surface area (Å²) in [6, 6.07) is -0.543. The number of carbonyl (C=O) groups excluding carboxylic acids is 4. The first-order valence-corrected chi connectivity index (χ1v) is 14.9. The fourth-order valence-corrected chi connectivity index (χ4v) is 6.82. The Balaban J connectivity index is 0.00000300. The van der Waals surface area contributed by atoms with Crippen molar-refractivity contribution in [3.8, 4) is 0 Å². The molecule has 49 heavy (non-hydrogen) atoms. The number of aromatic nitrogens is 2. The van der Waals surface area contributed by atoms with E-state index in [9.17, 15) is 34.5 Å². The maximum atomic E-state index is 12.5. The Bertz CT molecular complexity index is 1860. The first kappa shape index (κ1) is 45.6. The minimum Gasteiger partial charge on any atom is -0.681 e. The summed E-state index contributed by atoms with van der Waals surface area (Å²) in [5, 5.41) is 41.2. The molecule has 2 aromatic rings. The van der Waals surface area contributed by atoms with E-state index in [1.54, 1.807) is 31.2 Å². The van der Waals surface area contributed by atoms with Crippen LogP contribution in [0.4, 0.5) is 0 Å². The number of hydrogen-bond donors (Lipinski definition) is 0. The molecule has 0 N–H and O–H groups in total. The minimum atomic E-state index is -1.56. The number of aldehydes is 1. The molecule has 11 nitrogen and oxygen atoms in total. The van der Waals surface area contributed by atoms with Gasteiger partial charge in [0.15, 0.2) is 0 Å². The molecule has 5 heterocycles. The number of fused-ring (bicyclic) bond motifs is 7. The van der Waals surface area contributed by atoms with Gasteiger partial charge in [0.2, 0.25) is 0 Å². The van der Waals surface area contributed by atoms with Crippen LogP contribution < -0.4 is 125 Å². The molecule has 1 saturated heterocycles. The Labute approximate surface area is 361 Å². The largest absolute Gasteiger partial charge is 2.00 e. The fraction of sp³-hybridized carbons (Fsp3) is 0.382. The van der Waals surface area contributed by atoms with Crippen molar-refractivity contribution in [1.29, 1.82) is 0 Å². The fourth-order valence-electron chi connectivity index (χ4n) is 6.82. The Hall–Kier alpha value is -1.41. The van der Waals surface area contributed by atoms with Crippen LogP contribution in [-0.4, -0.2) is 35.9 Å². The number of rotatable bonds is 9. The van der Waals surface area contributed by atoms with Crippen LogP contribution in [0.5, 0.6) is 0 Å². The third-order valence-corrected chi connectivity index (χ3v) is 9.24. The van der Waals surface area contributed by atoms with Crippen LogP contribution in [0.2, 0.25) is 0 Å². The normalized spacial score (nSPS) is 25.8. The van der Waals surface area contributed by atoms with E-state index in [0.717, 1.165) is 17.4 Å². The summed E-state index contributed by atoms with van der Waals surface area (Å²) in [7, 11) is 0. The number of nitrogens with zero attached hydrogens (tertiary/aromatic N) is 4. The summed E-state index contributed by atoms with van der Waals surface area (Å²) in [4.78, 5) is 62.8. The van der Waals surface area contributed by atoms with Gasteiger partial charge in [0.25, 0.3) is 0 Å². The van der Waals surface area contributed by atoms with Gasteiger partial charge < -0.3 is 49.8 Å². The van der Waals surface area contributed by atoms with Crippen molar-refractivity contribution in [2.45, 2.75) is 59.4 Å². The van der Waals surface area contributed by atoms with Gasteiger partial charge in [-0.1, -0.05) is 62.2 Å². The molecule has 245 valence electrons. The molecule has 1 radical (unpaired) electrons. The van der Waals surface area contributed by atoms with Crippen molar-refractivity contribution in [3.63, 3.8) is 0 Å². The molecule has 3 aliphatic rings. The topological polar surface area (TPSA) is 192 Å². The molecule has 3 aliphatic heterocycles. The van der Waals surface area contributed by atoms with Crippen molar-refractivity contribution in [2.24, 2.45) is 28.7 Å². The van der Waals surface area contributed by atoms with Gasteiger partial charge in [-0.15, -0.1) is 28.2 Å². The Kier molecular flexibility index (Phi) is 17.6. The molecule has 0 spiro atoms. The summed E-state index contributed by atoms with van der Waals surface area (Å²) in [6.07, 6.45) is 7.35. The van der Waals surface area contributed by atoms with Crippen LogP contribution in [0, 0.1) is 37.5 Å². The molecule has 5 atom stereocenters. The molecule has 8 bridgehead atoms. The van der Waals surface area contributed by atoms with E-state index >= 15 is 0 Å². The number of carboxylic acid groups (broad SMARTS) is 3. The van der Waals surface area contributed by atoms with Gasteiger partial charge in [-0.25, -0.2) is 0 Å². The zero-order valence-corrected chi connectivity index (χ0v) is 35.7. The van der Waals surface area contributed by atoms with Gasteiger partial charge in [0.05, 0.1) is 5.97 Å². The summed E-state index contributed by atoms with van der Waals surface area (Å²) in [5.74, 6) is -6.13.